The van der Waals surface area contributed by atoms with Gasteiger partial charge in [0, 0.05) is 24.7 Å². The molecule has 134 valence electrons. The smallest absolute Gasteiger partial charge is 0.303 e. The first kappa shape index (κ1) is 16.5. The van der Waals surface area contributed by atoms with Crippen LogP contribution in [-0.2, 0) is 16.0 Å². The number of allylic oxidation sites excluding steroid dienone is 2. The molecule has 5 heteroatoms. The topological polar surface area (TPSA) is 87.0 Å². The second-order valence-electron chi connectivity index (χ2n) is 7.94. The van der Waals surface area contributed by atoms with Crippen molar-refractivity contribution in [3.8, 4) is 5.75 Å². The fourth-order valence-electron chi connectivity index (χ4n) is 5.41. The standard InChI is InChI=1S/C20H24O5/c1-10(21)25-19-17(24)9-15-18-14(5-6-20(15,19)2)13-4-3-12(22)7-11(13)8-16(18)23/h3-4,7,14-15,17,19,22-24H,5-6,8-9H2,1-2H3/t14?,15?,17-,19+,20+/m1/s1. The lowest BCUT2D eigenvalue weighted by Crippen LogP contribution is -2.44. The normalized spacial score (nSPS) is 36.4. The van der Waals surface area contributed by atoms with Crippen molar-refractivity contribution in [1.29, 1.82) is 0 Å². The van der Waals surface area contributed by atoms with E-state index >= 15 is 0 Å². The number of aliphatic hydroxyl groups is 2. The molecule has 5 nitrogen and oxygen atoms in total. The number of fused-ring (bicyclic) bond motifs is 5. The molecule has 3 aliphatic rings. The number of hydrogen-bond acceptors (Lipinski definition) is 5. The van der Waals surface area contributed by atoms with Gasteiger partial charge in [0.1, 0.15) is 11.9 Å². The molecule has 0 amide bonds. The highest BCUT2D eigenvalue weighted by Gasteiger charge is 2.58. The van der Waals surface area contributed by atoms with Crippen LogP contribution in [-0.4, -0.2) is 33.5 Å². The van der Waals surface area contributed by atoms with Crippen molar-refractivity contribution in [1.82, 2.24) is 0 Å². The predicted octanol–water partition coefficient (Wildman–Crippen LogP) is 2.96. The molecule has 25 heavy (non-hydrogen) atoms. The third-order valence-electron chi connectivity index (χ3n) is 6.48. The van der Waals surface area contributed by atoms with Crippen LogP contribution in [0.25, 0.3) is 0 Å². The molecule has 2 unspecified atom stereocenters. The molecular formula is C20H24O5. The van der Waals surface area contributed by atoms with Gasteiger partial charge in [-0.05, 0) is 54.0 Å². The summed E-state index contributed by atoms with van der Waals surface area (Å²) < 4.78 is 5.47. The van der Waals surface area contributed by atoms with Crippen molar-refractivity contribution in [2.45, 2.75) is 57.7 Å². The van der Waals surface area contributed by atoms with Gasteiger partial charge in [-0.25, -0.2) is 0 Å². The molecule has 1 aromatic rings. The minimum atomic E-state index is -0.709. The van der Waals surface area contributed by atoms with E-state index in [4.69, 9.17) is 4.74 Å². The summed E-state index contributed by atoms with van der Waals surface area (Å²) in [6.45, 7) is 3.43. The first-order chi connectivity index (χ1) is 11.8. The lowest BCUT2D eigenvalue weighted by atomic mass is 9.59. The van der Waals surface area contributed by atoms with Gasteiger partial charge in [-0.3, -0.25) is 4.79 Å². The molecule has 2 saturated carbocycles. The van der Waals surface area contributed by atoms with Crippen molar-refractivity contribution < 1.29 is 24.9 Å². The van der Waals surface area contributed by atoms with Crippen LogP contribution in [0.4, 0.5) is 0 Å². The minimum Gasteiger partial charge on any atom is -0.512 e. The number of rotatable bonds is 1. The molecular weight excluding hydrogens is 320 g/mol. The van der Waals surface area contributed by atoms with Crippen molar-refractivity contribution >= 4 is 5.97 Å². The van der Waals surface area contributed by atoms with Crippen molar-refractivity contribution in [3.63, 3.8) is 0 Å². The highest BCUT2D eigenvalue weighted by atomic mass is 16.6. The SMILES string of the molecule is CC(=O)O[C@H]1[C@H](O)CC2C3=C(O)Cc4cc(O)ccc4C3CC[C@@]21C. The maximum atomic E-state index is 11.5. The molecule has 4 rings (SSSR count). The quantitative estimate of drug-likeness (QED) is 0.682. The van der Waals surface area contributed by atoms with Crippen molar-refractivity contribution in [2.75, 3.05) is 0 Å². The Bertz CT molecular complexity index is 767. The Hall–Kier alpha value is -2.01. The molecule has 3 aliphatic carbocycles. The van der Waals surface area contributed by atoms with Gasteiger partial charge < -0.3 is 20.1 Å². The van der Waals surface area contributed by atoms with Crippen LogP contribution in [0.15, 0.2) is 29.5 Å². The molecule has 0 heterocycles. The van der Waals surface area contributed by atoms with E-state index in [0.29, 0.717) is 18.6 Å². The predicted molar refractivity (Wildman–Crippen MR) is 91.2 cm³/mol. The number of esters is 1. The van der Waals surface area contributed by atoms with E-state index in [1.54, 1.807) is 12.1 Å². The number of phenolic OH excluding ortho intramolecular Hbond substituents is 1. The van der Waals surface area contributed by atoms with Crippen LogP contribution in [0.3, 0.4) is 0 Å². The Morgan fingerprint density at radius 3 is 2.80 bits per heavy atom. The molecule has 1 aromatic carbocycles. The third-order valence-corrected chi connectivity index (χ3v) is 6.48. The Kier molecular flexibility index (Phi) is 3.62. The number of carbonyl (C=O) groups is 1. The monoisotopic (exact) mass is 344 g/mol. The van der Waals surface area contributed by atoms with Gasteiger partial charge in [-0.1, -0.05) is 13.0 Å². The number of ether oxygens (including phenoxy) is 1. The Morgan fingerprint density at radius 1 is 1.32 bits per heavy atom. The van der Waals surface area contributed by atoms with E-state index in [1.165, 1.54) is 6.92 Å². The van der Waals surface area contributed by atoms with Gasteiger partial charge in [0.2, 0.25) is 0 Å². The molecule has 3 N–H and O–H groups in total. The average molecular weight is 344 g/mol. The summed E-state index contributed by atoms with van der Waals surface area (Å²) in [5.74, 6) is 0.269. The first-order valence-corrected chi connectivity index (χ1v) is 8.90. The van der Waals surface area contributed by atoms with E-state index in [-0.39, 0.29) is 29.0 Å². The highest BCUT2D eigenvalue weighted by molar-refractivity contribution is 5.66. The summed E-state index contributed by atoms with van der Waals surface area (Å²) in [6, 6.07) is 5.36. The summed E-state index contributed by atoms with van der Waals surface area (Å²) in [7, 11) is 0. The zero-order valence-electron chi connectivity index (χ0n) is 14.5. The summed E-state index contributed by atoms with van der Waals surface area (Å²) in [4.78, 5) is 11.5. The van der Waals surface area contributed by atoms with Crippen molar-refractivity contribution in [2.24, 2.45) is 11.3 Å². The zero-order valence-corrected chi connectivity index (χ0v) is 14.5. The maximum Gasteiger partial charge on any atom is 0.303 e. The number of carbonyl (C=O) groups excluding carboxylic acids is 1. The molecule has 0 spiro atoms. The second kappa shape index (κ2) is 5.49. The minimum absolute atomic E-state index is 0.00690. The van der Waals surface area contributed by atoms with Crippen LogP contribution in [0, 0.1) is 11.3 Å². The van der Waals surface area contributed by atoms with E-state index in [1.807, 2.05) is 6.07 Å². The number of aliphatic hydroxyl groups excluding tert-OH is 2. The van der Waals surface area contributed by atoms with E-state index in [9.17, 15) is 20.1 Å². The van der Waals surface area contributed by atoms with Gasteiger partial charge in [0.15, 0.2) is 0 Å². The largest absolute Gasteiger partial charge is 0.512 e. The van der Waals surface area contributed by atoms with E-state index in [0.717, 1.165) is 29.5 Å². The summed E-state index contributed by atoms with van der Waals surface area (Å²) in [5, 5.41) is 31.0. The van der Waals surface area contributed by atoms with Gasteiger partial charge in [-0.15, -0.1) is 0 Å². The van der Waals surface area contributed by atoms with Crippen LogP contribution < -0.4 is 0 Å². The molecule has 0 aliphatic heterocycles. The van der Waals surface area contributed by atoms with Crippen LogP contribution in [0.2, 0.25) is 0 Å². The van der Waals surface area contributed by atoms with Crippen LogP contribution in [0.1, 0.15) is 50.2 Å². The highest BCUT2D eigenvalue weighted by Crippen LogP contribution is 2.61. The molecule has 0 radical (unpaired) electrons. The lowest BCUT2D eigenvalue weighted by Gasteiger charge is -2.46. The second-order valence-corrected chi connectivity index (χ2v) is 7.94. The summed E-state index contributed by atoms with van der Waals surface area (Å²) in [5.41, 5.74) is 2.74. The van der Waals surface area contributed by atoms with Crippen LogP contribution >= 0.6 is 0 Å². The fraction of sp³-hybridized carbons (Fsp3) is 0.550. The lowest BCUT2D eigenvalue weighted by molar-refractivity contribution is -0.159. The summed E-state index contributed by atoms with van der Waals surface area (Å²) in [6.07, 6.45) is 1.30. The fourth-order valence-corrected chi connectivity index (χ4v) is 5.41. The molecule has 5 atom stereocenters. The first-order valence-electron chi connectivity index (χ1n) is 8.90. The van der Waals surface area contributed by atoms with Gasteiger partial charge >= 0.3 is 5.97 Å². The molecule has 0 bridgehead atoms. The van der Waals surface area contributed by atoms with Crippen LogP contribution in [0.5, 0.6) is 5.75 Å². The Morgan fingerprint density at radius 2 is 2.08 bits per heavy atom. The number of benzene rings is 1. The number of phenols is 1. The van der Waals surface area contributed by atoms with Gasteiger partial charge in [0.25, 0.3) is 0 Å². The Labute approximate surface area is 146 Å². The molecule has 2 fully saturated rings. The Balaban J connectivity index is 1.75. The third kappa shape index (κ3) is 2.36. The summed E-state index contributed by atoms with van der Waals surface area (Å²) >= 11 is 0. The maximum absolute atomic E-state index is 11.5. The number of hydrogen-bond donors (Lipinski definition) is 3. The average Bonchev–Trinajstić information content (AvgIpc) is 2.78. The molecule has 0 aromatic heterocycles. The van der Waals surface area contributed by atoms with Crippen molar-refractivity contribution in [3.05, 3.63) is 40.7 Å². The zero-order chi connectivity index (χ0) is 17.9. The van der Waals surface area contributed by atoms with Gasteiger partial charge in [-0.2, -0.15) is 0 Å². The van der Waals surface area contributed by atoms with Gasteiger partial charge in [0.05, 0.1) is 11.9 Å². The van der Waals surface area contributed by atoms with E-state index < -0.39 is 12.2 Å². The number of aromatic hydroxyl groups is 1. The molecule has 0 saturated heterocycles. The van der Waals surface area contributed by atoms with E-state index in [2.05, 4.69) is 6.92 Å².